The fourth-order valence-electron chi connectivity index (χ4n) is 3.99. The number of methoxy groups -OCH3 is 1. The standard InChI is InChI=1S/C24H26N2O7/c1-13-11-26(24(30)25-22(13)28)21-10-19(20(12-27)32-21)33-23(29)14(2)15-4-5-17-9-18(31-3)7-6-16(17)8-15/h4-9,11,14,19-21,27H,10,12H2,1-3H3,(H,25,28,30)/t14-,19-,20+,21+/m0/s1. The number of ether oxygens (including phenoxy) is 3. The molecule has 1 aliphatic rings. The number of nitrogens with one attached hydrogen (secondary N) is 1. The minimum atomic E-state index is -0.783. The Bertz CT molecular complexity index is 1300. The number of carbonyl (C=O) groups excluding carboxylic acids is 1. The number of aryl methyl sites for hydroxylation is 1. The van der Waals surface area contributed by atoms with E-state index in [1.54, 1.807) is 21.0 Å². The molecular formula is C24H26N2O7. The minimum absolute atomic E-state index is 0.173. The Balaban J connectivity index is 1.50. The second-order valence-electron chi connectivity index (χ2n) is 8.20. The third-order valence-electron chi connectivity index (χ3n) is 6.01. The van der Waals surface area contributed by atoms with Crippen LogP contribution in [0.3, 0.4) is 0 Å². The number of H-pyrrole nitrogens is 1. The summed E-state index contributed by atoms with van der Waals surface area (Å²) in [6.45, 7) is 2.95. The predicted octanol–water partition coefficient (Wildman–Crippen LogP) is 2.00. The molecule has 0 bridgehead atoms. The van der Waals surface area contributed by atoms with Crippen LogP contribution in [0.4, 0.5) is 0 Å². The summed E-state index contributed by atoms with van der Waals surface area (Å²) in [5.41, 5.74) is 0.0434. The quantitative estimate of drug-likeness (QED) is 0.547. The van der Waals surface area contributed by atoms with E-state index in [0.717, 1.165) is 22.1 Å². The zero-order valence-corrected chi connectivity index (χ0v) is 18.6. The predicted molar refractivity (Wildman–Crippen MR) is 120 cm³/mol. The average Bonchev–Trinajstić information content (AvgIpc) is 3.22. The largest absolute Gasteiger partial charge is 0.497 e. The molecule has 174 valence electrons. The number of hydrogen-bond acceptors (Lipinski definition) is 7. The van der Waals surface area contributed by atoms with Crippen LogP contribution in [0, 0.1) is 6.92 Å². The molecule has 1 saturated heterocycles. The van der Waals surface area contributed by atoms with Crippen molar-refractivity contribution >= 4 is 16.7 Å². The number of aromatic amines is 1. The monoisotopic (exact) mass is 454 g/mol. The van der Waals surface area contributed by atoms with Crippen molar-refractivity contribution in [1.82, 2.24) is 9.55 Å². The summed E-state index contributed by atoms with van der Waals surface area (Å²) in [5, 5.41) is 11.7. The van der Waals surface area contributed by atoms with Gasteiger partial charge >= 0.3 is 11.7 Å². The number of aliphatic hydroxyl groups excluding tert-OH is 1. The normalized spacial score (nSPS) is 21.2. The molecule has 1 aliphatic heterocycles. The highest BCUT2D eigenvalue weighted by atomic mass is 16.6. The van der Waals surface area contributed by atoms with E-state index in [0.29, 0.717) is 5.56 Å². The number of nitrogens with zero attached hydrogens (tertiary/aromatic N) is 1. The molecule has 4 rings (SSSR count). The third kappa shape index (κ3) is 4.55. The summed E-state index contributed by atoms with van der Waals surface area (Å²) in [6.07, 6.45) is -0.717. The second kappa shape index (κ2) is 9.21. The molecule has 0 amide bonds. The number of fused-ring (bicyclic) bond motifs is 1. The van der Waals surface area contributed by atoms with Crippen LogP contribution < -0.4 is 16.0 Å². The molecule has 1 fully saturated rings. The second-order valence-corrected chi connectivity index (χ2v) is 8.20. The average molecular weight is 454 g/mol. The summed E-state index contributed by atoms with van der Waals surface area (Å²) in [7, 11) is 1.61. The van der Waals surface area contributed by atoms with E-state index in [4.69, 9.17) is 14.2 Å². The molecule has 0 saturated carbocycles. The summed E-state index contributed by atoms with van der Waals surface area (Å²) in [5.74, 6) is -0.251. The molecule has 0 unspecified atom stereocenters. The van der Waals surface area contributed by atoms with Gasteiger partial charge in [0.25, 0.3) is 5.56 Å². The van der Waals surface area contributed by atoms with Gasteiger partial charge in [0.05, 0.1) is 19.6 Å². The van der Waals surface area contributed by atoms with Crippen molar-refractivity contribution in [3.63, 3.8) is 0 Å². The van der Waals surface area contributed by atoms with Crippen molar-refractivity contribution in [2.75, 3.05) is 13.7 Å². The number of rotatable bonds is 6. The van der Waals surface area contributed by atoms with Crippen molar-refractivity contribution in [2.24, 2.45) is 0 Å². The molecule has 2 heterocycles. The minimum Gasteiger partial charge on any atom is -0.497 e. The molecule has 0 aliphatic carbocycles. The van der Waals surface area contributed by atoms with Gasteiger partial charge in [-0.15, -0.1) is 0 Å². The number of aliphatic hydroxyl groups is 1. The third-order valence-corrected chi connectivity index (χ3v) is 6.01. The van der Waals surface area contributed by atoms with Crippen LogP contribution >= 0.6 is 0 Å². The summed E-state index contributed by atoms with van der Waals surface area (Å²) in [4.78, 5) is 39.0. The van der Waals surface area contributed by atoms with Crippen LogP contribution in [-0.4, -0.2) is 46.6 Å². The van der Waals surface area contributed by atoms with Gasteiger partial charge in [0, 0.05) is 18.2 Å². The maximum absolute atomic E-state index is 12.9. The molecular weight excluding hydrogens is 428 g/mol. The Morgan fingerprint density at radius 3 is 2.70 bits per heavy atom. The van der Waals surface area contributed by atoms with Crippen LogP contribution in [0.15, 0.2) is 52.2 Å². The van der Waals surface area contributed by atoms with Gasteiger partial charge in [-0.25, -0.2) is 4.79 Å². The molecule has 0 spiro atoms. The van der Waals surface area contributed by atoms with Crippen LogP contribution in [0.2, 0.25) is 0 Å². The fourth-order valence-corrected chi connectivity index (χ4v) is 3.99. The zero-order valence-electron chi connectivity index (χ0n) is 18.6. The van der Waals surface area contributed by atoms with Gasteiger partial charge in [0.15, 0.2) is 0 Å². The van der Waals surface area contributed by atoms with Gasteiger partial charge in [-0.2, -0.15) is 0 Å². The summed E-state index contributed by atoms with van der Waals surface area (Å²) < 4.78 is 17.9. The number of carbonyl (C=O) groups is 1. The summed E-state index contributed by atoms with van der Waals surface area (Å²) >= 11 is 0. The van der Waals surface area contributed by atoms with Crippen molar-refractivity contribution in [3.8, 4) is 5.75 Å². The van der Waals surface area contributed by atoms with Crippen molar-refractivity contribution < 1.29 is 24.1 Å². The molecule has 2 N–H and O–H groups in total. The van der Waals surface area contributed by atoms with Crippen LogP contribution in [0.25, 0.3) is 10.8 Å². The van der Waals surface area contributed by atoms with E-state index in [1.165, 1.54) is 10.8 Å². The number of aromatic nitrogens is 2. The van der Waals surface area contributed by atoms with E-state index in [1.807, 2.05) is 36.4 Å². The maximum atomic E-state index is 12.9. The van der Waals surface area contributed by atoms with Crippen LogP contribution in [0.5, 0.6) is 5.75 Å². The SMILES string of the molecule is COc1ccc2cc([C@H](C)C(=O)O[C@H]3C[C@H](n4cc(C)c(=O)[nH]c4=O)O[C@@H]3CO)ccc2c1. The Hall–Kier alpha value is -3.43. The lowest BCUT2D eigenvalue weighted by Gasteiger charge is -2.19. The number of benzene rings is 2. The van der Waals surface area contributed by atoms with Gasteiger partial charge in [0.2, 0.25) is 0 Å². The molecule has 4 atom stereocenters. The smallest absolute Gasteiger partial charge is 0.330 e. The zero-order chi connectivity index (χ0) is 23.7. The van der Waals surface area contributed by atoms with Gasteiger partial charge in [-0.1, -0.05) is 24.3 Å². The first-order chi connectivity index (χ1) is 15.8. The van der Waals surface area contributed by atoms with Crippen molar-refractivity contribution in [3.05, 3.63) is 74.6 Å². The lowest BCUT2D eigenvalue weighted by atomic mass is 9.97. The topological polar surface area (TPSA) is 120 Å². The van der Waals surface area contributed by atoms with Crippen LogP contribution in [0.1, 0.15) is 36.6 Å². The number of esters is 1. The Kier molecular flexibility index (Phi) is 6.35. The molecule has 9 nitrogen and oxygen atoms in total. The van der Waals surface area contributed by atoms with E-state index in [2.05, 4.69) is 4.98 Å². The summed E-state index contributed by atoms with van der Waals surface area (Å²) in [6, 6.07) is 11.4. The molecule has 0 radical (unpaired) electrons. The van der Waals surface area contributed by atoms with E-state index < -0.39 is 41.6 Å². The van der Waals surface area contributed by atoms with Crippen LogP contribution in [-0.2, 0) is 14.3 Å². The van der Waals surface area contributed by atoms with Gasteiger partial charge in [0.1, 0.15) is 24.2 Å². The Morgan fingerprint density at radius 1 is 1.24 bits per heavy atom. The maximum Gasteiger partial charge on any atom is 0.330 e. The molecule has 3 aromatic rings. The molecule has 9 heteroatoms. The first-order valence-corrected chi connectivity index (χ1v) is 10.7. The van der Waals surface area contributed by atoms with E-state index >= 15 is 0 Å². The first-order valence-electron chi connectivity index (χ1n) is 10.7. The van der Waals surface area contributed by atoms with Gasteiger partial charge < -0.3 is 19.3 Å². The fraction of sp³-hybridized carbons (Fsp3) is 0.375. The highest BCUT2D eigenvalue weighted by Gasteiger charge is 2.39. The Morgan fingerprint density at radius 2 is 1.97 bits per heavy atom. The lowest BCUT2D eigenvalue weighted by Crippen LogP contribution is -2.33. The molecule has 1 aromatic heterocycles. The van der Waals surface area contributed by atoms with E-state index in [9.17, 15) is 19.5 Å². The van der Waals surface area contributed by atoms with Crippen molar-refractivity contribution in [1.29, 1.82) is 0 Å². The molecule has 33 heavy (non-hydrogen) atoms. The van der Waals surface area contributed by atoms with Crippen molar-refractivity contribution in [2.45, 2.75) is 44.6 Å². The van der Waals surface area contributed by atoms with Gasteiger partial charge in [-0.3, -0.25) is 19.1 Å². The lowest BCUT2D eigenvalue weighted by molar-refractivity contribution is -0.154. The highest BCUT2D eigenvalue weighted by Crippen LogP contribution is 2.32. The van der Waals surface area contributed by atoms with E-state index in [-0.39, 0.29) is 13.0 Å². The van der Waals surface area contributed by atoms with Gasteiger partial charge in [-0.05, 0) is 42.3 Å². The first kappa shape index (κ1) is 22.8. The Labute approximate surface area is 189 Å². The molecule has 2 aromatic carbocycles. The highest BCUT2D eigenvalue weighted by molar-refractivity contribution is 5.86. The number of hydrogen-bond donors (Lipinski definition) is 2.